The molecule has 2 N–H and O–H groups in total. The van der Waals surface area contributed by atoms with Crippen LogP contribution in [0.4, 0.5) is 0 Å². The van der Waals surface area contributed by atoms with E-state index in [0.29, 0.717) is 13.2 Å². The van der Waals surface area contributed by atoms with Gasteiger partial charge in [0.1, 0.15) is 30.8 Å². The summed E-state index contributed by atoms with van der Waals surface area (Å²) in [5.41, 5.74) is 18.6. The van der Waals surface area contributed by atoms with E-state index in [1.807, 2.05) is 44.2 Å². The number of ether oxygens (including phenoxy) is 2. The zero-order valence-electron chi connectivity index (χ0n) is 24.4. The van der Waals surface area contributed by atoms with Gasteiger partial charge in [0, 0.05) is 16.0 Å². The first kappa shape index (κ1) is 29.9. The topological polar surface area (TPSA) is 93.2 Å². The van der Waals surface area contributed by atoms with Crippen molar-refractivity contribution in [3.05, 3.63) is 160 Å². The standard InChI is InChI=1S/C18H15P.C9H9N3O.C9H11NO/c1-4-10-16(11-5-1)19(17-12-6-2-7-13-17)18-14-8-3-9-15-18;1-6-2-3-7-8(11-12-10)5-13-9(7)4-6;1-6-2-3-7-8(10)5-11-9(7)4-6/h1-15H;2-4,8H,5H2,1H3;2-4,8H,5,10H2,1H3/t;2*8-/m.11/s1. The molecule has 0 fully saturated rings. The predicted octanol–water partition coefficient (Wildman–Crippen LogP) is 7.57. The van der Waals surface area contributed by atoms with Crippen LogP contribution in [0.25, 0.3) is 10.4 Å². The fourth-order valence-electron chi connectivity index (χ4n) is 4.98. The quantitative estimate of drug-likeness (QED) is 0.102. The highest BCUT2D eigenvalue weighted by Gasteiger charge is 2.22. The van der Waals surface area contributed by atoms with Crippen LogP contribution in [-0.4, -0.2) is 13.2 Å². The average Bonchev–Trinajstić information content (AvgIpc) is 3.61. The monoisotopic (exact) mass is 586 g/mol. The van der Waals surface area contributed by atoms with Crippen molar-refractivity contribution in [1.82, 2.24) is 0 Å². The molecule has 2 aliphatic rings. The molecule has 0 spiro atoms. The van der Waals surface area contributed by atoms with E-state index >= 15 is 0 Å². The SMILES string of the molecule is Cc1ccc2c(c1)OC[C@H]2N.Cc1ccc2c(c1)OC[C@H]2N=[N+]=[N-].c1ccc(P(c2ccccc2)c2ccccc2)cc1. The van der Waals surface area contributed by atoms with Gasteiger partial charge in [-0.25, -0.2) is 0 Å². The highest BCUT2D eigenvalue weighted by atomic mass is 31.1. The number of benzene rings is 5. The number of fused-ring (bicyclic) bond motifs is 2. The molecule has 216 valence electrons. The summed E-state index contributed by atoms with van der Waals surface area (Å²) in [6.07, 6.45) is 0. The van der Waals surface area contributed by atoms with Crippen LogP contribution in [-0.2, 0) is 0 Å². The average molecular weight is 587 g/mol. The van der Waals surface area contributed by atoms with Crippen LogP contribution >= 0.6 is 7.92 Å². The van der Waals surface area contributed by atoms with Gasteiger partial charge in [0.15, 0.2) is 0 Å². The van der Waals surface area contributed by atoms with E-state index in [-0.39, 0.29) is 12.1 Å². The summed E-state index contributed by atoms with van der Waals surface area (Å²) in [7, 11) is -0.446. The number of hydrogen-bond donors (Lipinski definition) is 1. The third-order valence-electron chi connectivity index (χ3n) is 7.15. The van der Waals surface area contributed by atoms with Crippen LogP contribution in [0.2, 0.25) is 0 Å². The lowest BCUT2D eigenvalue weighted by Crippen LogP contribution is -2.20. The molecule has 0 bridgehead atoms. The summed E-state index contributed by atoms with van der Waals surface area (Å²) in [6.45, 7) is 5.14. The van der Waals surface area contributed by atoms with E-state index in [1.54, 1.807) is 0 Å². The Balaban J connectivity index is 0.000000134. The summed E-state index contributed by atoms with van der Waals surface area (Å²) >= 11 is 0. The lowest BCUT2D eigenvalue weighted by Gasteiger charge is -2.18. The van der Waals surface area contributed by atoms with Gasteiger partial charge in [0.2, 0.25) is 0 Å². The highest BCUT2D eigenvalue weighted by molar-refractivity contribution is 7.79. The van der Waals surface area contributed by atoms with Crippen molar-refractivity contribution in [1.29, 1.82) is 0 Å². The fourth-order valence-corrected chi connectivity index (χ4v) is 7.28. The van der Waals surface area contributed by atoms with E-state index < -0.39 is 7.92 Å². The van der Waals surface area contributed by atoms with Crippen molar-refractivity contribution >= 4 is 23.8 Å². The molecule has 0 saturated heterocycles. The molecule has 0 unspecified atom stereocenters. The van der Waals surface area contributed by atoms with Crippen molar-refractivity contribution in [3.8, 4) is 11.5 Å². The molecule has 5 aromatic carbocycles. The molecule has 0 amide bonds. The maximum Gasteiger partial charge on any atom is 0.124 e. The maximum atomic E-state index is 8.31. The summed E-state index contributed by atoms with van der Waals surface area (Å²) < 4.78 is 10.7. The normalized spacial score (nSPS) is 15.7. The molecule has 2 aliphatic heterocycles. The Hall–Kier alpha value is -4.60. The third kappa shape index (κ3) is 7.63. The summed E-state index contributed by atoms with van der Waals surface area (Å²) in [4.78, 5) is 2.78. The van der Waals surface area contributed by atoms with Crippen LogP contribution in [0.5, 0.6) is 11.5 Å². The summed E-state index contributed by atoms with van der Waals surface area (Å²) in [5, 5.41) is 7.84. The number of aryl methyl sites for hydroxylation is 2. The van der Waals surface area contributed by atoms with E-state index in [9.17, 15) is 0 Å². The Morgan fingerprint density at radius 1 is 0.651 bits per heavy atom. The van der Waals surface area contributed by atoms with E-state index in [2.05, 4.69) is 107 Å². The van der Waals surface area contributed by atoms with Crippen LogP contribution in [0.3, 0.4) is 0 Å². The molecule has 0 aromatic heterocycles. The van der Waals surface area contributed by atoms with Crippen LogP contribution < -0.4 is 31.1 Å². The molecular formula is C36H35N4O2P. The van der Waals surface area contributed by atoms with Crippen molar-refractivity contribution in [2.75, 3.05) is 13.2 Å². The molecule has 0 aliphatic carbocycles. The molecule has 0 radical (unpaired) electrons. The van der Waals surface area contributed by atoms with Gasteiger partial charge in [0.05, 0.1) is 6.04 Å². The summed E-state index contributed by atoms with van der Waals surface area (Å²) in [6, 6.07) is 44.3. The molecule has 7 heteroatoms. The van der Waals surface area contributed by atoms with Crippen molar-refractivity contribution in [3.63, 3.8) is 0 Å². The van der Waals surface area contributed by atoms with Gasteiger partial charge in [0.25, 0.3) is 0 Å². The Bertz CT molecular complexity index is 1580. The molecular weight excluding hydrogens is 551 g/mol. The minimum atomic E-state index is -0.446. The second-order valence-electron chi connectivity index (χ2n) is 10.4. The third-order valence-corrected chi connectivity index (χ3v) is 9.59. The van der Waals surface area contributed by atoms with Gasteiger partial charge >= 0.3 is 0 Å². The molecule has 0 saturated carbocycles. The van der Waals surface area contributed by atoms with Gasteiger partial charge in [-0.3, -0.25) is 0 Å². The van der Waals surface area contributed by atoms with Crippen LogP contribution in [0.15, 0.2) is 133 Å². The first-order valence-corrected chi connectivity index (χ1v) is 15.6. The van der Waals surface area contributed by atoms with Crippen LogP contribution in [0, 0.1) is 13.8 Å². The first-order chi connectivity index (χ1) is 21.0. The Kier molecular flexibility index (Phi) is 10.1. The molecule has 7 rings (SSSR count). The fraction of sp³-hybridized carbons (Fsp3) is 0.167. The zero-order valence-corrected chi connectivity index (χ0v) is 25.3. The number of rotatable bonds is 4. The van der Waals surface area contributed by atoms with Crippen molar-refractivity contribution in [2.45, 2.75) is 25.9 Å². The Labute approximate surface area is 254 Å². The maximum absolute atomic E-state index is 8.31. The lowest BCUT2D eigenvalue weighted by atomic mass is 10.1. The molecule has 6 nitrogen and oxygen atoms in total. The number of azide groups is 1. The van der Waals surface area contributed by atoms with Gasteiger partial charge in [-0.05, 0) is 66.5 Å². The van der Waals surface area contributed by atoms with Crippen molar-refractivity contribution in [2.24, 2.45) is 10.8 Å². The number of hydrogen-bond acceptors (Lipinski definition) is 4. The Morgan fingerprint density at radius 3 is 1.58 bits per heavy atom. The smallest absolute Gasteiger partial charge is 0.124 e. The zero-order chi connectivity index (χ0) is 30.0. The van der Waals surface area contributed by atoms with Crippen molar-refractivity contribution < 1.29 is 9.47 Å². The molecule has 43 heavy (non-hydrogen) atoms. The second kappa shape index (κ2) is 14.5. The number of nitrogens with two attached hydrogens (primary N) is 1. The van der Waals surface area contributed by atoms with E-state index in [0.717, 1.165) is 28.2 Å². The second-order valence-corrected chi connectivity index (χ2v) is 12.6. The van der Waals surface area contributed by atoms with E-state index in [4.69, 9.17) is 20.7 Å². The minimum absolute atomic E-state index is 0.0746. The lowest BCUT2D eigenvalue weighted by molar-refractivity contribution is 0.333. The Morgan fingerprint density at radius 2 is 1.09 bits per heavy atom. The van der Waals surface area contributed by atoms with Crippen LogP contribution in [0.1, 0.15) is 34.3 Å². The molecule has 2 atom stereocenters. The minimum Gasteiger partial charge on any atom is -0.493 e. The first-order valence-electron chi connectivity index (χ1n) is 14.2. The van der Waals surface area contributed by atoms with Gasteiger partial charge in [-0.2, -0.15) is 0 Å². The number of nitrogens with zero attached hydrogens (tertiary/aromatic N) is 3. The highest BCUT2D eigenvalue weighted by Crippen LogP contribution is 2.35. The van der Waals surface area contributed by atoms with Gasteiger partial charge in [-0.1, -0.05) is 120 Å². The largest absolute Gasteiger partial charge is 0.493 e. The summed E-state index contributed by atoms with van der Waals surface area (Å²) in [5.74, 6) is 1.80. The molecule has 5 aromatic rings. The predicted molar refractivity (Wildman–Crippen MR) is 177 cm³/mol. The van der Waals surface area contributed by atoms with Gasteiger partial charge < -0.3 is 15.2 Å². The van der Waals surface area contributed by atoms with Gasteiger partial charge in [-0.15, -0.1) is 0 Å². The molecule has 2 heterocycles. The van der Waals surface area contributed by atoms with E-state index in [1.165, 1.54) is 21.5 Å².